The van der Waals surface area contributed by atoms with Crippen molar-refractivity contribution < 1.29 is 0 Å². The van der Waals surface area contributed by atoms with Crippen LogP contribution in [0.15, 0.2) is 12.1 Å². The lowest BCUT2D eigenvalue weighted by Gasteiger charge is -2.18. The van der Waals surface area contributed by atoms with Crippen molar-refractivity contribution in [3.05, 3.63) is 17.1 Å². The van der Waals surface area contributed by atoms with Crippen molar-refractivity contribution in [2.45, 2.75) is 26.3 Å². The summed E-state index contributed by atoms with van der Waals surface area (Å²) >= 11 is 1.68. The van der Waals surface area contributed by atoms with Gasteiger partial charge in [0, 0.05) is 6.04 Å². The van der Waals surface area contributed by atoms with Crippen LogP contribution in [-0.2, 0) is 0 Å². The molecule has 0 bridgehead atoms. The molecule has 0 fully saturated rings. The molecular formula is C14H22N4S. The van der Waals surface area contributed by atoms with Crippen LogP contribution in [0.3, 0.4) is 0 Å². The van der Waals surface area contributed by atoms with Crippen LogP contribution in [0.25, 0.3) is 10.2 Å². The van der Waals surface area contributed by atoms with Gasteiger partial charge in [0.15, 0.2) is 0 Å². The molecule has 19 heavy (non-hydrogen) atoms. The zero-order chi connectivity index (χ0) is 14.0. The minimum Gasteiger partial charge on any atom is -0.397 e. The first kappa shape index (κ1) is 14.1. The highest BCUT2D eigenvalue weighted by Gasteiger charge is 2.09. The summed E-state index contributed by atoms with van der Waals surface area (Å²) in [4.78, 5) is 6.70. The van der Waals surface area contributed by atoms with E-state index in [1.807, 2.05) is 13.0 Å². The molecular weight excluding hydrogens is 256 g/mol. The number of aromatic nitrogens is 1. The van der Waals surface area contributed by atoms with Crippen molar-refractivity contribution in [3.63, 3.8) is 0 Å². The van der Waals surface area contributed by atoms with E-state index < -0.39 is 0 Å². The number of hydrogen-bond donors (Lipinski definition) is 2. The van der Waals surface area contributed by atoms with Crippen LogP contribution in [0.1, 0.15) is 18.4 Å². The molecule has 0 spiro atoms. The van der Waals surface area contributed by atoms with Crippen LogP contribution in [0, 0.1) is 6.92 Å². The van der Waals surface area contributed by atoms with Gasteiger partial charge in [-0.15, -0.1) is 11.3 Å². The molecule has 2 aromatic rings. The average molecular weight is 278 g/mol. The van der Waals surface area contributed by atoms with E-state index >= 15 is 0 Å². The highest BCUT2D eigenvalue weighted by Crippen LogP contribution is 2.30. The summed E-state index contributed by atoms with van der Waals surface area (Å²) < 4.78 is 1.15. The molecule has 1 unspecified atom stereocenters. The van der Waals surface area contributed by atoms with Gasteiger partial charge >= 0.3 is 0 Å². The second-order valence-electron chi connectivity index (χ2n) is 5.28. The van der Waals surface area contributed by atoms with E-state index in [0.717, 1.165) is 39.6 Å². The summed E-state index contributed by atoms with van der Waals surface area (Å²) in [6.45, 7) is 5.26. The quantitative estimate of drug-likeness (QED) is 0.826. The number of benzene rings is 1. The second kappa shape index (κ2) is 5.75. The fourth-order valence-electron chi connectivity index (χ4n) is 2.02. The van der Waals surface area contributed by atoms with E-state index in [2.05, 4.69) is 42.3 Å². The number of nitrogen functional groups attached to an aromatic ring is 1. The molecule has 1 aromatic carbocycles. The summed E-state index contributed by atoms with van der Waals surface area (Å²) in [5.74, 6) is 0. The Labute approximate surface area is 118 Å². The standard InChI is InChI=1S/C14H22N4S/c1-9(5-6-18(3)4)16-12-8-13-14(7-11(12)15)19-10(2)17-13/h7-9,16H,5-6,15H2,1-4H3. The maximum absolute atomic E-state index is 6.11. The minimum absolute atomic E-state index is 0.391. The molecule has 0 aliphatic rings. The molecule has 1 heterocycles. The van der Waals surface area contributed by atoms with Gasteiger partial charge in [0.05, 0.1) is 26.6 Å². The molecule has 3 N–H and O–H groups in total. The van der Waals surface area contributed by atoms with E-state index in [4.69, 9.17) is 5.73 Å². The molecule has 104 valence electrons. The zero-order valence-electron chi connectivity index (χ0n) is 12.0. The number of fused-ring (bicyclic) bond motifs is 1. The molecule has 1 atom stereocenters. The summed E-state index contributed by atoms with van der Waals surface area (Å²) in [7, 11) is 4.18. The third kappa shape index (κ3) is 3.58. The Morgan fingerprint density at radius 2 is 2.16 bits per heavy atom. The molecule has 0 saturated heterocycles. The van der Waals surface area contributed by atoms with Crippen molar-refractivity contribution in [1.29, 1.82) is 0 Å². The monoisotopic (exact) mass is 278 g/mol. The molecule has 4 nitrogen and oxygen atoms in total. The molecule has 5 heteroatoms. The Hall–Kier alpha value is -1.33. The normalized spacial score (nSPS) is 13.1. The van der Waals surface area contributed by atoms with Gasteiger partial charge in [-0.25, -0.2) is 4.98 Å². The van der Waals surface area contributed by atoms with Crippen LogP contribution < -0.4 is 11.1 Å². The van der Waals surface area contributed by atoms with E-state index in [1.54, 1.807) is 11.3 Å². The van der Waals surface area contributed by atoms with Gasteiger partial charge in [-0.2, -0.15) is 0 Å². The number of rotatable bonds is 5. The topological polar surface area (TPSA) is 54.2 Å². The van der Waals surface area contributed by atoms with Gasteiger partial charge in [-0.1, -0.05) is 0 Å². The Bertz CT molecular complexity index is 562. The van der Waals surface area contributed by atoms with Gasteiger partial charge in [-0.3, -0.25) is 0 Å². The summed E-state index contributed by atoms with van der Waals surface area (Å²) in [5, 5.41) is 4.56. The zero-order valence-corrected chi connectivity index (χ0v) is 12.8. The van der Waals surface area contributed by atoms with Crippen LogP contribution in [-0.4, -0.2) is 36.6 Å². The van der Waals surface area contributed by atoms with Gasteiger partial charge in [0.25, 0.3) is 0 Å². The molecule has 1 aromatic heterocycles. The first-order valence-electron chi connectivity index (χ1n) is 6.53. The number of nitrogens with zero attached hydrogens (tertiary/aromatic N) is 2. The Morgan fingerprint density at radius 3 is 2.84 bits per heavy atom. The summed E-state index contributed by atoms with van der Waals surface area (Å²) in [5.41, 5.74) is 8.92. The van der Waals surface area contributed by atoms with Crippen LogP contribution in [0.4, 0.5) is 11.4 Å². The number of thiazole rings is 1. The number of nitrogens with two attached hydrogens (primary N) is 1. The van der Waals surface area contributed by atoms with Crippen molar-refractivity contribution >= 4 is 32.9 Å². The van der Waals surface area contributed by atoms with Crippen LogP contribution >= 0.6 is 11.3 Å². The first-order chi connectivity index (χ1) is 8.95. The van der Waals surface area contributed by atoms with E-state index in [0.29, 0.717) is 6.04 Å². The fourth-order valence-corrected chi connectivity index (χ4v) is 2.88. The smallest absolute Gasteiger partial charge is 0.0907 e. The minimum atomic E-state index is 0.391. The average Bonchev–Trinajstić information content (AvgIpc) is 2.66. The lowest BCUT2D eigenvalue weighted by atomic mass is 10.2. The predicted octanol–water partition coefficient (Wildman–Crippen LogP) is 2.94. The third-order valence-electron chi connectivity index (χ3n) is 3.08. The second-order valence-corrected chi connectivity index (χ2v) is 6.51. The van der Waals surface area contributed by atoms with Gasteiger partial charge in [0.2, 0.25) is 0 Å². The Morgan fingerprint density at radius 1 is 1.42 bits per heavy atom. The van der Waals surface area contributed by atoms with Crippen molar-refractivity contribution in [3.8, 4) is 0 Å². The Balaban J connectivity index is 2.13. The van der Waals surface area contributed by atoms with Crippen LogP contribution in [0.2, 0.25) is 0 Å². The first-order valence-corrected chi connectivity index (χ1v) is 7.35. The molecule has 0 amide bonds. The van der Waals surface area contributed by atoms with Crippen LogP contribution in [0.5, 0.6) is 0 Å². The lowest BCUT2D eigenvalue weighted by Crippen LogP contribution is -2.23. The fraction of sp³-hybridized carbons (Fsp3) is 0.500. The molecule has 0 aliphatic carbocycles. The molecule has 0 aliphatic heterocycles. The van der Waals surface area contributed by atoms with Crippen molar-refractivity contribution in [1.82, 2.24) is 9.88 Å². The van der Waals surface area contributed by atoms with Gasteiger partial charge in [0.1, 0.15) is 0 Å². The highest BCUT2D eigenvalue weighted by atomic mass is 32.1. The maximum Gasteiger partial charge on any atom is 0.0907 e. The van der Waals surface area contributed by atoms with Gasteiger partial charge < -0.3 is 16.0 Å². The maximum atomic E-state index is 6.11. The third-order valence-corrected chi connectivity index (χ3v) is 4.01. The Kier molecular flexibility index (Phi) is 4.27. The van der Waals surface area contributed by atoms with Crippen molar-refractivity contribution in [2.24, 2.45) is 0 Å². The highest BCUT2D eigenvalue weighted by molar-refractivity contribution is 7.18. The summed E-state index contributed by atoms with van der Waals surface area (Å²) in [6, 6.07) is 4.46. The van der Waals surface area contributed by atoms with Gasteiger partial charge in [-0.05, 0) is 53.0 Å². The SMILES string of the molecule is Cc1nc2cc(NC(C)CCN(C)C)c(N)cc2s1. The molecule has 2 rings (SSSR count). The molecule has 0 radical (unpaired) electrons. The van der Waals surface area contributed by atoms with E-state index in [1.165, 1.54) is 0 Å². The lowest BCUT2D eigenvalue weighted by molar-refractivity contribution is 0.390. The van der Waals surface area contributed by atoms with E-state index in [9.17, 15) is 0 Å². The predicted molar refractivity (Wildman–Crippen MR) is 85.0 cm³/mol. The summed E-state index contributed by atoms with van der Waals surface area (Å²) in [6.07, 6.45) is 1.08. The number of nitrogens with one attached hydrogen (secondary N) is 1. The van der Waals surface area contributed by atoms with Crippen molar-refractivity contribution in [2.75, 3.05) is 31.7 Å². The molecule has 0 saturated carbocycles. The number of hydrogen-bond acceptors (Lipinski definition) is 5. The number of anilines is 2. The van der Waals surface area contributed by atoms with E-state index in [-0.39, 0.29) is 0 Å². The number of aryl methyl sites for hydroxylation is 1. The largest absolute Gasteiger partial charge is 0.397 e.